The van der Waals surface area contributed by atoms with Crippen molar-refractivity contribution in [3.63, 3.8) is 0 Å². The van der Waals surface area contributed by atoms with Crippen molar-refractivity contribution in [1.82, 2.24) is 10.2 Å². The van der Waals surface area contributed by atoms with Crippen molar-refractivity contribution in [2.75, 3.05) is 11.1 Å². The molecule has 3 rings (SSSR count). The van der Waals surface area contributed by atoms with E-state index in [4.69, 9.17) is 4.42 Å². The van der Waals surface area contributed by atoms with Crippen LogP contribution in [0.3, 0.4) is 0 Å². The van der Waals surface area contributed by atoms with Gasteiger partial charge in [0.2, 0.25) is 11.8 Å². The van der Waals surface area contributed by atoms with Crippen molar-refractivity contribution >= 4 is 23.4 Å². The Balaban J connectivity index is 1.57. The van der Waals surface area contributed by atoms with Gasteiger partial charge in [0.1, 0.15) is 0 Å². The molecule has 0 fully saturated rings. The molecule has 6 heteroatoms. The lowest BCUT2D eigenvalue weighted by Gasteiger charge is -2.16. The maximum absolute atomic E-state index is 12.4. The first kappa shape index (κ1) is 19.2. The molecule has 0 saturated carbocycles. The largest absolute Gasteiger partial charge is 0.416 e. The summed E-state index contributed by atoms with van der Waals surface area (Å²) < 4.78 is 5.63. The Morgan fingerprint density at radius 2 is 1.89 bits per heavy atom. The number of carbonyl (C=O) groups excluding carboxylic acids is 1. The maximum Gasteiger partial charge on any atom is 0.277 e. The third-order valence-electron chi connectivity index (χ3n) is 4.16. The number of benzene rings is 2. The second-order valence-corrected chi connectivity index (χ2v) is 7.58. The van der Waals surface area contributed by atoms with Gasteiger partial charge in [-0.3, -0.25) is 4.79 Å². The fraction of sp³-hybridized carbons (Fsp3) is 0.286. The van der Waals surface area contributed by atoms with E-state index >= 15 is 0 Å². The molecule has 0 saturated heterocycles. The van der Waals surface area contributed by atoms with Gasteiger partial charge in [0, 0.05) is 5.69 Å². The highest BCUT2D eigenvalue weighted by Crippen LogP contribution is 2.28. The minimum absolute atomic E-state index is 0.0843. The molecule has 1 N–H and O–H groups in total. The molecule has 0 bridgehead atoms. The molecule has 140 valence electrons. The van der Waals surface area contributed by atoms with Gasteiger partial charge in [-0.25, -0.2) is 0 Å². The lowest BCUT2D eigenvalue weighted by Crippen LogP contribution is -2.16. The molecule has 0 spiro atoms. The van der Waals surface area contributed by atoms with Gasteiger partial charge >= 0.3 is 0 Å². The number of nitrogens with one attached hydrogen (secondary N) is 1. The molecule has 1 heterocycles. The average Bonchev–Trinajstić information content (AvgIpc) is 3.09. The first-order valence-electron chi connectivity index (χ1n) is 8.91. The Morgan fingerprint density at radius 3 is 2.63 bits per heavy atom. The van der Waals surface area contributed by atoms with E-state index < -0.39 is 0 Å². The van der Waals surface area contributed by atoms with Crippen LogP contribution >= 0.6 is 11.8 Å². The minimum Gasteiger partial charge on any atom is -0.416 e. The number of anilines is 1. The Labute approximate surface area is 163 Å². The molecule has 3 aromatic rings. The fourth-order valence-corrected chi connectivity index (χ4v) is 3.36. The Hall–Kier alpha value is -2.60. The van der Waals surface area contributed by atoms with Crippen molar-refractivity contribution < 1.29 is 9.21 Å². The Bertz CT molecular complexity index is 907. The Kier molecular flexibility index (Phi) is 6.29. The third kappa shape index (κ3) is 5.20. The first-order valence-corrected chi connectivity index (χ1v) is 9.90. The first-order chi connectivity index (χ1) is 13.0. The average molecular weight is 382 g/mol. The second-order valence-electron chi connectivity index (χ2n) is 6.65. The molecule has 2 aromatic carbocycles. The van der Waals surface area contributed by atoms with E-state index in [2.05, 4.69) is 29.4 Å². The third-order valence-corrected chi connectivity index (χ3v) is 4.98. The van der Waals surface area contributed by atoms with E-state index in [1.807, 2.05) is 55.5 Å². The molecule has 27 heavy (non-hydrogen) atoms. The number of aromatic nitrogens is 2. The zero-order valence-corrected chi connectivity index (χ0v) is 16.5. The van der Waals surface area contributed by atoms with Crippen LogP contribution in [0.5, 0.6) is 0 Å². The van der Waals surface area contributed by atoms with Crippen LogP contribution in [0.25, 0.3) is 0 Å². The summed E-state index contributed by atoms with van der Waals surface area (Å²) in [5.41, 5.74) is 4.20. The van der Waals surface area contributed by atoms with E-state index in [0.29, 0.717) is 23.5 Å². The van der Waals surface area contributed by atoms with Gasteiger partial charge in [0.15, 0.2) is 0 Å². The summed E-state index contributed by atoms with van der Waals surface area (Å²) in [4.78, 5) is 12.4. The number of amides is 1. The monoisotopic (exact) mass is 381 g/mol. The van der Waals surface area contributed by atoms with Gasteiger partial charge in [0.05, 0.1) is 12.2 Å². The van der Waals surface area contributed by atoms with Crippen LogP contribution in [0, 0.1) is 6.92 Å². The number of rotatable bonds is 7. The normalized spacial score (nSPS) is 11.0. The van der Waals surface area contributed by atoms with Crippen molar-refractivity contribution in [2.45, 2.75) is 38.3 Å². The highest BCUT2D eigenvalue weighted by Gasteiger charge is 2.14. The summed E-state index contributed by atoms with van der Waals surface area (Å²) in [6, 6.07) is 16.0. The van der Waals surface area contributed by atoms with Gasteiger partial charge in [-0.2, -0.15) is 0 Å². The van der Waals surface area contributed by atoms with Gasteiger partial charge in [-0.05, 0) is 29.5 Å². The predicted molar refractivity (Wildman–Crippen MR) is 108 cm³/mol. The van der Waals surface area contributed by atoms with Crippen LogP contribution in [0.1, 0.15) is 42.3 Å². The van der Waals surface area contributed by atoms with Crippen LogP contribution in [0.15, 0.2) is 58.2 Å². The van der Waals surface area contributed by atoms with Crippen molar-refractivity contribution in [3.8, 4) is 0 Å². The van der Waals surface area contributed by atoms with E-state index in [-0.39, 0.29) is 11.7 Å². The van der Waals surface area contributed by atoms with Gasteiger partial charge in [-0.1, -0.05) is 74.1 Å². The predicted octanol–water partition coefficient (Wildman–Crippen LogP) is 4.82. The van der Waals surface area contributed by atoms with Crippen LogP contribution in [-0.2, 0) is 11.2 Å². The summed E-state index contributed by atoms with van der Waals surface area (Å²) in [6.07, 6.45) is 0.585. The molecule has 0 aliphatic carbocycles. The molecule has 5 nitrogen and oxygen atoms in total. The van der Waals surface area contributed by atoms with Gasteiger partial charge < -0.3 is 9.73 Å². The number of carbonyl (C=O) groups is 1. The fourth-order valence-electron chi connectivity index (χ4n) is 2.78. The summed E-state index contributed by atoms with van der Waals surface area (Å²) in [7, 11) is 0. The van der Waals surface area contributed by atoms with Crippen molar-refractivity contribution in [3.05, 3.63) is 71.1 Å². The van der Waals surface area contributed by atoms with E-state index in [9.17, 15) is 4.79 Å². The standard InChI is InChI=1S/C21H23N3O2S/c1-14(2)17-11-7-8-15(3)20(17)22-18(25)13-27-21-24-23-19(26-21)12-16-9-5-4-6-10-16/h4-11,14H,12-13H2,1-3H3,(H,22,25). The molecule has 0 aliphatic heterocycles. The molecular weight excluding hydrogens is 358 g/mol. The summed E-state index contributed by atoms with van der Waals surface area (Å²) >= 11 is 1.25. The molecule has 1 amide bonds. The van der Waals surface area contributed by atoms with Crippen molar-refractivity contribution in [1.29, 1.82) is 0 Å². The van der Waals surface area contributed by atoms with E-state index in [1.54, 1.807) is 0 Å². The van der Waals surface area contributed by atoms with Crippen molar-refractivity contribution in [2.24, 2.45) is 0 Å². The highest BCUT2D eigenvalue weighted by atomic mass is 32.2. The smallest absolute Gasteiger partial charge is 0.277 e. The zero-order valence-electron chi connectivity index (χ0n) is 15.7. The molecular formula is C21H23N3O2S. The van der Waals surface area contributed by atoms with E-state index in [1.165, 1.54) is 11.8 Å². The lowest BCUT2D eigenvalue weighted by atomic mass is 9.98. The zero-order chi connectivity index (χ0) is 19.2. The number of aryl methyl sites for hydroxylation is 1. The highest BCUT2D eigenvalue weighted by molar-refractivity contribution is 7.99. The lowest BCUT2D eigenvalue weighted by molar-refractivity contribution is -0.113. The van der Waals surface area contributed by atoms with Crippen LogP contribution < -0.4 is 5.32 Å². The van der Waals surface area contributed by atoms with Crippen LogP contribution in [0.4, 0.5) is 5.69 Å². The number of thioether (sulfide) groups is 1. The molecule has 0 unspecified atom stereocenters. The molecule has 0 radical (unpaired) electrons. The SMILES string of the molecule is Cc1cccc(C(C)C)c1NC(=O)CSc1nnc(Cc2ccccc2)o1. The number of nitrogens with zero attached hydrogens (tertiary/aromatic N) is 2. The molecule has 0 aliphatic rings. The van der Waals surface area contributed by atoms with E-state index in [0.717, 1.165) is 22.4 Å². The summed E-state index contributed by atoms with van der Waals surface area (Å²) in [5.74, 6) is 1.02. The second kappa shape index (κ2) is 8.86. The molecule has 1 aromatic heterocycles. The Morgan fingerprint density at radius 1 is 1.11 bits per heavy atom. The van der Waals surface area contributed by atoms with Crippen LogP contribution in [0.2, 0.25) is 0 Å². The van der Waals surface area contributed by atoms with Gasteiger partial charge in [-0.15, -0.1) is 10.2 Å². The minimum atomic E-state index is -0.0843. The quantitative estimate of drug-likeness (QED) is 0.594. The molecule has 0 atom stereocenters. The number of hydrogen-bond acceptors (Lipinski definition) is 5. The topological polar surface area (TPSA) is 68.0 Å². The maximum atomic E-state index is 12.4. The number of hydrogen-bond donors (Lipinski definition) is 1. The van der Waals surface area contributed by atoms with Gasteiger partial charge in [0.25, 0.3) is 5.22 Å². The number of para-hydroxylation sites is 1. The summed E-state index contributed by atoms with van der Waals surface area (Å²) in [5, 5.41) is 11.5. The van der Waals surface area contributed by atoms with Crippen LogP contribution in [-0.4, -0.2) is 21.9 Å². The summed E-state index contributed by atoms with van der Waals surface area (Å²) in [6.45, 7) is 6.24.